The van der Waals surface area contributed by atoms with Crippen molar-refractivity contribution in [3.05, 3.63) is 11.3 Å². The Kier molecular flexibility index (Phi) is 4.27. The van der Waals surface area contributed by atoms with Gasteiger partial charge in [0.05, 0.1) is 8.07 Å². The van der Waals surface area contributed by atoms with Crippen LogP contribution in [0.5, 0.6) is 0 Å². The first-order valence-corrected chi connectivity index (χ1v) is 8.05. The molecule has 0 saturated carbocycles. The van der Waals surface area contributed by atoms with Gasteiger partial charge in [-0.2, -0.15) is 0 Å². The lowest BCUT2D eigenvalue weighted by Crippen LogP contribution is -2.29. The van der Waals surface area contributed by atoms with E-state index in [0.717, 1.165) is 5.20 Å². The van der Waals surface area contributed by atoms with Gasteiger partial charge >= 0.3 is 0 Å². The maximum Gasteiger partial charge on any atom is 0.155 e. The van der Waals surface area contributed by atoms with Crippen LogP contribution >= 0.6 is 0 Å². The van der Waals surface area contributed by atoms with Crippen LogP contribution in [0.3, 0.4) is 0 Å². The summed E-state index contributed by atoms with van der Waals surface area (Å²) in [6.07, 6.45) is 2.01. The minimum atomic E-state index is -1.64. The molecule has 74 valence electrons. The predicted molar refractivity (Wildman–Crippen MR) is 57.4 cm³/mol. The van der Waals surface area contributed by atoms with E-state index in [2.05, 4.69) is 19.6 Å². The average molecular weight is 198 g/mol. The Balaban J connectivity index is 4.93. The van der Waals surface area contributed by atoms with Gasteiger partial charge in [-0.05, 0) is 18.2 Å². The molecule has 0 aromatic rings. The zero-order valence-corrected chi connectivity index (χ0v) is 10.1. The molecule has 0 saturated heterocycles. The molecular weight excluding hydrogens is 180 g/mol. The highest BCUT2D eigenvalue weighted by Gasteiger charge is 2.23. The Morgan fingerprint density at radius 2 is 1.69 bits per heavy atom. The maximum absolute atomic E-state index is 11.3. The van der Waals surface area contributed by atoms with E-state index in [1.54, 1.807) is 6.92 Å². The molecule has 0 aromatic carbocycles. The fourth-order valence-corrected chi connectivity index (χ4v) is 2.76. The molecule has 0 heterocycles. The van der Waals surface area contributed by atoms with Gasteiger partial charge in [-0.3, -0.25) is 9.59 Å². The van der Waals surface area contributed by atoms with Crippen LogP contribution in [0.25, 0.3) is 0 Å². The van der Waals surface area contributed by atoms with Crippen molar-refractivity contribution in [1.29, 1.82) is 0 Å². The van der Waals surface area contributed by atoms with Crippen molar-refractivity contribution >= 4 is 19.6 Å². The number of Topliss-reactive ketones (excluding diaryl/α,β-unsaturated/α-hetero) is 1. The largest absolute Gasteiger partial charge is 0.295 e. The molecule has 0 radical (unpaired) electrons. The molecule has 0 aliphatic heterocycles. The Labute approximate surface area is 81.0 Å². The highest BCUT2D eigenvalue weighted by molar-refractivity contribution is 6.87. The Hall–Kier alpha value is -0.703. The predicted octanol–water partition coefficient (Wildman–Crippen LogP) is 2.36. The van der Waals surface area contributed by atoms with E-state index in [0.29, 0.717) is 6.42 Å². The third-order valence-electron chi connectivity index (χ3n) is 1.84. The van der Waals surface area contributed by atoms with Crippen molar-refractivity contribution < 1.29 is 9.59 Å². The highest BCUT2D eigenvalue weighted by atomic mass is 28.3. The molecule has 13 heavy (non-hydrogen) atoms. The zero-order valence-electron chi connectivity index (χ0n) is 9.10. The van der Waals surface area contributed by atoms with Crippen LogP contribution in [0, 0.1) is 0 Å². The fraction of sp³-hybridized carbons (Fsp3) is 0.600. The minimum absolute atomic E-state index is 0.0426. The SMILES string of the molecule is CCC(=O)C=C(C(C)=O)[Si](C)(C)C. The van der Waals surface area contributed by atoms with Crippen LogP contribution in [-0.2, 0) is 9.59 Å². The molecule has 0 spiro atoms. The van der Waals surface area contributed by atoms with Gasteiger partial charge in [0.1, 0.15) is 0 Å². The van der Waals surface area contributed by atoms with E-state index in [1.807, 2.05) is 0 Å². The Morgan fingerprint density at radius 3 is 1.92 bits per heavy atom. The van der Waals surface area contributed by atoms with Gasteiger partial charge in [0, 0.05) is 6.42 Å². The van der Waals surface area contributed by atoms with Crippen molar-refractivity contribution in [3.63, 3.8) is 0 Å². The normalized spacial score (nSPS) is 12.8. The van der Waals surface area contributed by atoms with Crippen LogP contribution in [0.1, 0.15) is 20.3 Å². The van der Waals surface area contributed by atoms with Gasteiger partial charge in [0.15, 0.2) is 11.6 Å². The molecular formula is C10H18O2Si. The molecule has 0 N–H and O–H groups in total. The first-order valence-electron chi connectivity index (χ1n) is 4.55. The summed E-state index contributed by atoms with van der Waals surface area (Å²) in [5.41, 5.74) is 0. The Bertz CT molecular complexity index is 246. The summed E-state index contributed by atoms with van der Waals surface area (Å²) < 4.78 is 0. The Morgan fingerprint density at radius 1 is 1.23 bits per heavy atom. The van der Waals surface area contributed by atoms with Gasteiger partial charge in [0.25, 0.3) is 0 Å². The maximum atomic E-state index is 11.3. The van der Waals surface area contributed by atoms with Gasteiger partial charge in [-0.1, -0.05) is 26.6 Å². The summed E-state index contributed by atoms with van der Waals surface area (Å²) in [7, 11) is -1.64. The minimum Gasteiger partial charge on any atom is -0.295 e. The van der Waals surface area contributed by atoms with Crippen molar-refractivity contribution in [1.82, 2.24) is 0 Å². The van der Waals surface area contributed by atoms with E-state index >= 15 is 0 Å². The number of ketones is 2. The quantitative estimate of drug-likeness (QED) is 0.513. The number of hydrogen-bond acceptors (Lipinski definition) is 2. The molecule has 0 aliphatic rings. The summed E-state index contributed by atoms with van der Waals surface area (Å²) in [5.74, 6) is 0.0913. The fourth-order valence-electron chi connectivity index (χ4n) is 1.11. The molecule has 0 unspecified atom stereocenters. The van der Waals surface area contributed by atoms with E-state index in [1.165, 1.54) is 13.0 Å². The molecule has 0 bridgehead atoms. The monoisotopic (exact) mass is 198 g/mol. The molecule has 0 amide bonds. The first-order chi connectivity index (χ1) is 5.79. The second-order valence-electron chi connectivity index (χ2n) is 4.18. The molecule has 0 rings (SSSR count). The number of rotatable bonds is 4. The summed E-state index contributed by atoms with van der Waals surface area (Å²) in [6, 6.07) is 0. The zero-order chi connectivity index (χ0) is 10.6. The van der Waals surface area contributed by atoms with E-state index < -0.39 is 8.07 Å². The number of carbonyl (C=O) groups is 2. The van der Waals surface area contributed by atoms with E-state index in [9.17, 15) is 9.59 Å². The van der Waals surface area contributed by atoms with Crippen LogP contribution in [0.4, 0.5) is 0 Å². The van der Waals surface area contributed by atoms with Crippen LogP contribution in [0.2, 0.25) is 19.6 Å². The molecule has 0 fully saturated rings. The highest BCUT2D eigenvalue weighted by Crippen LogP contribution is 2.15. The molecule has 0 atom stereocenters. The van der Waals surface area contributed by atoms with Crippen molar-refractivity contribution in [2.75, 3.05) is 0 Å². The lowest BCUT2D eigenvalue weighted by molar-refractivity contribution is -0.116. The average Bonchev–Trinajstić information content (AvgIpc) is 1.96. The van der Waals surface area contributed by atoms with Crippen molar-refractivity contribution in [3.8, 4) is 0 Å². The van der Waals surface area contributed by atoms with Crippen LogP contribution < -0.4 is 0 Å². The summed E-state index contributed by atoms with van der Waals surface area (Å²) >= 11 is 0. The lowest BCUT2D eigenvalue weighted by Gasteiger charge is -2.17. The number of carbonyl (C=O) groups excluding carboxylic acids is 2. The topological polar surface area (TPSA) is 34.1 Å². The van der Waals surface area contributed by atoms with Gasteiger partial charge in [-0.25, -0.2) is 0 Å². The standard InChI is InChI=1S/C10H18O2Si/c1-6-9(12)7-10(8(2)11)13(3,4)5/h7H,6H2,1-5H3. The van der Waals surface area contributed by atoms with Gasteiger partial charge in [-0.15, -0.1) is 0 Å². The summed E-state index contributed by atoms with van der Waals surface area (Å²) in [5, 5.41) is 0.749. The summed E-state index contributed by atoms with van der Waals surface area (Å²) in [4.78, 5) is 22.4. The second kappa shape index (κ2) is 4.51. The summed E-state index contributed by atoms with van der Waals surface area (Å²) in [6.45, 7) is 9.56. The van der Waals surface area contributed by atoms with Gasteiger partial charge < -0.3 is 0 Å². The van der Waals surface area contributed by atoms with Crippen molar-refractivity contribution in [2.24, 2.45) is 0 Å². The number of allylic oxidation sites excluding steroid dienone is 2. The van der Waals surface area contributed by atoms with Gasteiger partial charge in [0.2, 0.25) is 0 Å². The number of hydrogen-bond donors (Lipinski definition) is 0. The van der Waals surface area contributed by atoms with Crippen LogP contribution in [0.15, 0.2) is 11.3 Å². The lowest BCUT2D eigenvalue weighted by atomic mass is 10.2. The first kappa shape index (κ1) is 12.3. The third-order valence-corrected chi connectivity index (χ3v) is 3.95. The molecule has 3 heteroatoms. The smallest absolute Gasteiger partial charge is 0.155 e. The molecule has 2 nitrogen and oxygen atoms in total. The third kappa shape index (κ3) is 4.17. The van der Waals surface area contributed by atoms with Crippen molar-refractivity contribution in [2.45, 2.75) is 39.9 Å². The second-order valence-corrected chi connectivity index (χ2v) is 9.22. The molecule has 0 aromatic heterocycles. The van der Waals surface area contributed by atoms with Crippen LogP contribution in [-0.4, -0.2) is 19.6 Å². The molecule has 0 aliphatic carbocycles. The van der Waals surface area contributed by atoms with E-state index in [4.69, 9.17) is 0 Å². The van der Waals surface area contributed by atoms with E-state index in [-0.39, 0.29) is 11.6 Å².